The normalized spacial score (nSPS) is 15.5. The zero-order valence-electron chi connectivity index (χ0n) is 14.3. The first-order valence-electron chi connectivity index (χ1n) is 8.61. The minimum atomic E-state index is -0.458. The van der Waals surface area contributed by atoms with Gasteiger partial charge in [0.1, 0.15) is 5.58 Å². The van der Waals surface area contributed by atoms with Crippen molar-refractivity contribution in [1.29, 1.82) is 0 Å². The Morgan fingerprint density at radius 2 is 1.62 bits per heavy atom. The van der Waals surface area contributed by atoms with Gasteiger partial charge in [-0.3, -0.25) is 4.90 Å². The predicted octanol–water partition coefficient (Wildman–Crippen LogP) is 2.53. The summed E-state index contributed by atoms with van der Waals surface area (Å²) >= 11 is 0. The minimum Gasteiger partial charge on any atom is -0.504 e. The summed E-state index contributed by atoms with van der Waals surface area (Å²) in [6.07, 6.45) is 0. The fraction of sp³-hybridized carbons (Fsp3) is 0.250. The monoisotopic (exact) mass is 352 g/mol. The van der Waals surface area contributed by atoms with Gasteiger partial charge in [0.25, 0.3) is 0 Å². The van der Waals surface area contributed by atoms with Crippen LogP contribution in [0, 0.1) is 0 Å². The van der Waals surface area contributed by atoms with E-state index in [2.05, 4.69) is 21.9 Å². The SMILES string of the molecule is O=c1cc(CN2CCN(c3ccccc3)CC2)c2cc(O)c(O)cc2o1. The van der Waals surface area contributed by atoms with Gasteiger partial charge in [0.15, 0.2) is 11.5 Å². The molecule has 0 atom stereocenters. The highest BCUT2D eigenvalue weighted by Crippen LogP contribution is 2.31. The lowest BCUT2D eigenvalue weighted by atomic mass is 10.1. The maximum atomic E-state index is 11.8. The number of hydrogen-bond donors (Lipinski definition) is 2. The molecule has 1 aromatic heterocycles. The van der Waals surface area contributed by atoms with Crippen molar-refractivity contribution >= 4 is 16.7 Å². The van der Waals surface area contributed by atoms with Crippen LogP contribution < -0.4 is 10.5 Å². The molecule has 134 valence electrons. The van der Waals surface area contributed by atoms with Crippen molar-refractivity contribution in [3.8, 4) is 11.5 Å². The first-order valence-corrected chi connectivity index (χ1v) is 8.61. The van der Waals surface area contributed by atoms with Gasteiger partial charge in [-0.1, -0.05) is 18.2 Å². The molecule has 1 aliphatic heterocycles. The molecule has 2 N–H and O–H groups in total. The van der Waals surface area contributed by atoms with Crippen LogP contribution in [-0.4, -0.2) is 41.3 Å². The molecule has 0 aliphatic carbocycles. The third-order valence-corrected chi connectivity index (χ3v) is 4.81. The van der Waals surface area contributed by atoms with E-state index in [1.807, 2.05) is 18.2 Å². The number of rotatable bonds is 3. The molecule has 3 aromatic rings. The van der Waals surface area contributed by atoms with Gasteiger partial charge < -0.3 is 19.5 Å². The number of piperazine rings is 1. The molecule has 6 nitrogen and oxygen atoms in total. The lowest BCUT2D eigenvalue weighted by Crippen LogP contribution is -2.46. The first-order chi connectivity index (χ1) is 12.6. The summed E-state index contributed by atoms with van der Waals surface area (Å²) in [5.41, 5.74) is 1.84. The molecule has 1 aliphatic rings. The summed E-state index contributed by atoms with van der Waals surface area (Å²) in [6.45, 7) is 4.17. The van der Waals surface area contributed by atoms with Crippen LogP contribution in [0.5, 0.6) is 11.5 Å². The molecule has 26 heavy (non-hydrogen) atoms. The van der Waals surface area contributed by atoms with Gasteiger partial charge in [-0.2, -0.15) is 0 Å². The molecule has 1 saturated heterocycles. The van der Waals surface area contributed by atoms with Crippen LogP contribution in [0.15, 0.2) is 57.7 Å². The molecule has 0 radical (unpaired) electrons. The molecule has 2 heterocycles. The molecule has 0 amide bonds. The quantitative estimate of drug-likeness (QED) is 0.557. The molecule has 1 fully saturated rings. The van der Waals surface area contributed by atoms with Gasteiger partial charge in [0.05, 0.1) is 0 Å². The van der Waals surface area contributed by atoms with Crippen LogP contribution in [0.1, 0.15) is 5.56 Å². The third kappa shape index (κ3) is 3.23. The number of fused-ring (bicyclic) bond motifs is 1. The van der Waals surface area contributed by atoms with Gasteiger partial charge in [-0.25, -0.2) is 4.79 Å². The van der Waals surface area contributed by atoms with Gasteiger partial charge in [0, 0.05) is 55.9 Å². The Kier molecular flexibility index (Phi) is 4.26. The summed E-state index contributed by atoms with van der Waals surface area (Å²) in [4.78, 5) is 16.5. The highest BCUT2D eigenvalue weighted by molar-refractivity contribution is 5.83. The summed E-state index contributed by atoms with van der Waals surface area (Å²) < 4.78 is 5.15. The van der Waals surface area contributed by atoms with E-state index in [4.69, 9.17) is 4.42 Å². The molecule has 0 spiro atoms. The second-order valence-electron chi connectivity index (χ2n) is 6.53. The summed E-state index contributed by atoms with van der Waals surface area (Å²) in [6, 6.07) is 14.5. The van der Waals surface area contributed by atoms with Crippen LogP contribution in [0.4, 0.5) is 5.69 Å². The second kappa shape index (κ2) is 6.72. The van der Waals surface area contributed by atoms with Crippen LogP contribution in [-0.2, 0) is 6.54 Å². The minimum absolute atomic E-state index is 0.221. The van der Waals surface area contributed by atoms with Crippen LogP contribution >= 0.6 is 0 Å². The van der Waals surface area contributed by atoms with E-state index in [0.29, 0.717) is 11.9 Å². The van der Waals surface area contributed by atoms with Crippen molar-refractivity contribution in [3.63, 3.8) is 0 Å². The predicted molar refractivity (Wildman–Crippen MR) is 99.7 cm³/mol. The van der Waals surface area contributed by atoms with Gasteiger partial charge in [-0.05, 0) is 23.8 Å². The largest absolute Gasteiger partial charge is 0.504 e. The Bertz CT molecular complexity index is 976. The number of benzene rings is 2. The summed E-state index contributed by atoms with van der Waals surface area (Å²) in [5, 5.41) is 20.1. The zero-order valence-corrected chi connectivity index (χ0v) is 14.3. The Balaban J connectivity index is 1.53. The molecule has 6 heteroatoms. The van der Waals surface area contributed by atoms with E-state index in [9.17, 15) is 15.0 Å². The Hall–Kier alpha value is -2.99. The average Bonchev–Trinajstić information content (AvgIpc) is 2.65. The van der Waals surface area contributed by atoms with Crippen LogP contribution in [0.25, 0.3) is 11.0 Å². The van der Waals surface area contributed by atoms with E-state index in [1.165, 1.54) is 23.9 Å². The van der Waals surface area contributed by atoms with Crippen molar-refractivity contribution < 1.29 is 14.6 Å². The number of hydrogen-bond acceptors (Lipinski definition) is 6. The van der Waals surface area contributed by atoms with Crippen LogP contribution in [0.3, 0.4) is 0 Å². The van der Waals surface area contributed by atoms with Crippen molar-refractivity contribution in [2.45, 2.75) is 6.54 Å². The van der Waals surface area contributed by atoms with E-state index in [-0.39, 0.29) is 17.1 Å². The second-order valence-corrected chi connectivity index (χ2v) is 6.53. The number of phenols is 2. The van der Waals surface area contributed by atoms with E-state index in [1.54, 1.807) is 0 Å². The third-order valence-electron chi connectivity index (χ3n) is 4.81. The maximum absolute atomic E-state index is 11.8. The highest BCUT2D eigenvalue weighted by atomic mass is 16.4. The first kappa shape index (κ1) is 16.5. The standard InChI is InChI=1S/C20H20N2O4/c23-17-11-16-14(10-20(25)26-19(16)12-18(17)24)13-21-6-8-22(9-7-21)15-4-2-1-3-5-15/h1-5,10-12,23-24H,6-9,13H2. The summed E-state index contributed by atoms with van der Waals surface area (Å²) in [5.74, 6) is -0.518. The number of anilines is 1. The Morgan fingerprint density at radius 3 is 2.35 bits per heavy atom. The fourth-order valence-corrected chi connectivity index (χ4v) is 3.43. The van der Waals surface area contributed by atoms with Crippen molar-refractivity contribution in [2.24, 2.45) is 0 Å². The van der Waals surface area contributed by atoms with Crippen LogP contribution in [0.2, 0.25) is 0 Å². The lowest BCUT2D eigenvalue weighted by Gasteiger charge is -2.36. The van der Waals surface area contributed by atoms with Crippen molar-refractivity contribution in [3.05, 3.63) is 64.5 Å². The van der Waals surface area contributed by atoms with Crippen molar-refractivity contribution in [1.82, 2.24) is 4.90 Å². The summed E-state index contributed by atoms with van der Waals surface area (Å²) in [7, 11) is 0. The number of nitrogens with zero attached hydrogens (tertiary/aromatic N) is 2. The van der Waals surface area contributed by atoms with E-state index in [0.717, 1.165) is 31.7 Å². The molecule has 4 rings (SSSR count). The molecule has 0 unspecified atom stereocenters. The van der Waals surface area contributed by atoms with Gasteiger partial charge in [-0.15, -0.1) is 0 Å². The fourth-order valence-electron chi connectivity index (χ4n) is 3.43. The van der Waals surface area contributed by atoms with Gasteiger partial charge >= 0.3 is 5.63 Å². The zero-order chi connectivity index (χ0) is 18.1. The van der Waals surface area contributed by atoms with Gasteiger partial charge in [0.2, 0.25) is 0 Å². The topological polar surface area (TPSA) is 77.2 Å². The smallest absolute Gasteiger partial charge is 0.336 e. The van der Waals surface area contributed by atoms with Crippen molar-refractivity contribution in [2.75, 3.05) is 31.1 Å². The molecular formula is C20H20N2O4. The number of para-hydroxylation sites is 1. The lowest BCUT2D eigenvalue weighted by molar-refractivity contribution is 0.250. The molecular weight excluding hydrogens is 332 g/mol. The number of phenolic OH excluding ortho intramolecular Hbond substituents is 2. The number of aromatic hydroxyl groups is 2. The maximum Gasteiger partial charge on any atom is 0.336 e. The van der Waals surface area contributed by atoms with E-state index < -0.39 is 5.63 Å². The molecule has 2 aromatic carbocycles. The molecule has 0 saturated carbocycles. The molecule has 0 bridgehead atoms. The Morgan fingerprint density at radius 1 is 0.923 bits per heavy atom. The van der Waals surface area contributed by atoms with E-state index >= 15 is 0 Å². The average molecular weight is 352 g/mol. The highest BCUT2D eigenvalue weighted by Gasteiger charge is 2.19. The Labute approximate surface area is 150 Å².